The smallest absolute Gasteiger partial charge is 0.0645 e. The van der Waals surface area contributed by atoms with E-state index in [0.717, 1.165) is 27.5 Å². The molecule has 0 N–H and O–H groups in total. The van der Waals surface area contributed by atoms with Gasteiger partial charge in [-0.3, -0.25) is 0 Å². The minimum atomic E-state index is -0.613. The number of hydrogen-bond donors (Lipinski definition) is 0. The molecule has 0 bridgehead atoms. The van der Waals surface area contributed by atoms with E-state index in [2.05, 4.69) is 4.57 Å². The third-order valence-corrected chi connectivity index (χ3v) is 9.51. The molecule has 0 aliphatic carbocycles. The molecule has 0 aliphatic rings. The number of fused-ring (bicyclic) bond motifs is 9. The highest BCUT2D eigenvalue weighted by atomic mass is 15.0. The molecule has 0 amide bonds. The van der Waals surface area contributed by atoms with Crippen molar-refractivity contribution >= 4 is 65.4 Å². The van der Waals surface area contributed by atoms with Gasteiger partial charge in [-0.2, -0.15) is 0 Å². The molecule has 0 saturated heterocycles. The van der Waals surface area contributed by atoms with Gasteiger partial charge in [0, 0.05) is 49.4 Å². The summed E-state index contributed by atoms with van der Waals surface area (Å²) in [7, 11) is 0. The minimum absolute atomic E-state index is 0.0347. The molecular formula is C48H31N3. The standard InChI is InChI=1S/C48H31N3/c1-3-13-34(14-4-1)49-43-20-10-7-17-37(43)40-29-32(23-26-46(40)49)33-24-27-47-41(30-33)38-18-8-12-22-45(38)51(47)36-25-28-48-42(31-36)39-19-9-11-21-44(39)50(48)35-15-5-2-6-16-35/h1-31H/i7D,8D,10D,12D,17D,18D,20D,22D,23D,24D,26D,27D,29D,30D. The number of hydrogen-bond acceptors (Lipinski definition) is 0. The van der Waals surface area contributed by atoms with Crippen LogP contribution < -0.4 is 0 Å². The summed E-state index contributed by atoms with van der Waals surface area (Å²) in [6.45, 7) is 0. The third kappa shape index (κ3) is 4.12. The maximum absolute atomic E-state index is 9.89. The first kappa shape index (κ1) is 17.7. The molecule has 0 spiro atoms. The van der Waals surface area contributed by atoms with Gasteiger partial charge in [-0.15, -0.1) is 0 Å². The largest absolute Gasteiger partial charge is 0.309 e. The molecule has 3 nitrogen and oxygen atoms in total. The van der Waals surface area contributed by atoms with E-state index in [-0.39, 0.29) is 43.6 Å². The fourth-order valence-electron chi connectivity index (χ4n) is 7.33. The Morgan fingerprint density at radius 3 is 1.39 bits per heavy atom. The number of rotatable bonds is 4. The average molecular weight is 664 g/mol. The molecule has 11 rings (SSSR count). The molecule has 0 atom stereocenters. The number of para-hydroxylation sites is 5. The monoisotopic (exact) mass is 663 g/mol. The van der Waals surface area contributed by atoms with Gasteiger partial charge in [0.2, 0.25) is 0 Å². The molecule has 0 fully saturated rings. The summed E-state index contributed by atoms with van der Waals surface area (Å²) in [5.74, 6) is 0. The Morgan fingerprint density at radius 2 is 0.784 bits per heavy atom. The lowest BCUT2D eigenvalue weighted by molar-refractivity contribution is 1.17. The maximum atomic E-state index is 9.89. The zero-order valence-electron chi connectivity index (χ0n) is 40.7. The quantitative estimate of drug-likeness (QED) is 0.178. The van der Waals surface area contributed by atoms with Crippen LogP contribution in [0.5, 0.6) is 0 Å². The van der Waals surface area contributed by atoms with Gasteiger partial charge in [0.15, 0.2) is 0 Å². The summed E-state index contributed by atoms with van der Waals surface area (Å²) >= 11 is 0. The van der Waals surface area contributed by atoms with E-state index in [1.54, 1.807) is 36.4 Å². The molecular weight excluding hydrogens is 619 g/mol. The predicted octanol–water partition coefficient (Wildman–Crippen LogP) is 12.6. The highest BCUT2D eigenvalue weighted by Gasteiger charge is 2.18. The molecule has 51 heavy (non-hydrogen) atoms. The molecule has 8 aromatic carbocycles. The van der Waals surface area contributed by atoms with Crippen molar-refractivity contribution in [2.24, 2.45) is 0 Å². The van der Waals surface area contributed by atoms with E-state index < -0.39 is 95.7 Å². The van der Waals surface area contributed by atoms with Crippen molar-refractivity contribution in [1.82, 2.24) is 13.7 Å². The van der Waals surface area contributed by atoms with Crippen molar-refractivity contribution in [3.63, 3.8) is 0 Å². The summed E-state index contributed by atoms with van der Waals surface area (Å²) in [4.78, 5) is 0. The van der Waals surface area contributed by atoms with Gasteiger partial charge >= 0.3 is 0 Å². The van der Waals surface area contributed by atoms with Crippen LogP contribution in [-0.4, -0.2) is 13.7 Å². The van der Waals surface area contributed by atoms with E-state index in [4.69, 9.17) is 8.22 Å². The zero-order chi connectivity index (χ0) is 45.7. The fraction of sp³-hybridized carbons (Fsp3) is 0. The molecule has 0 saturated carbocycles. The molecule has 0 unspecified atom stereocenters. The lowest BCUT2D eigenvalue weighted by atomic mass is 10.0. The lowest BCUT2D eigenvalue weighted by Crippen LogP contribution is -1.95. The average Bonchev–Trinajstić information content (AvgIpc) is 3.99. The van der Waals surface area contributed by atoms with E-state index in [1.807, 2.05) is 66.7 Å². The fourth-order valence-corrected chi connectivity index (χ4v) is 7.33. The minimum Gasteiger partial charge on any atom is -0.309 e. The van der Waals surface area contributed by atoms with Crippen LogP contribution in [0.3, 0.4) is 0 Å². The van der Waals surface area contributed by atoms with Crippen LogP contribution >= 0.6 is 0 Å². The highest BCUT2D eigenvalue weighted by Crippen LogP contribution is 2.40. The summed E-state index contributed by atoms with van der Waals surface area (Å²) in [6, 6.07) is 24.2. The zero-order valence-corrected chi connectivity index (χ0v) is 26.7. The van der Waals surface area contributed by atoms with Crippen LogP contribution in [0.25, 0.3) is 93.6 Å². The van der Waals surface area contributed by atoms with Crippen molar-refractivity contribution < 1.29 is 19.2 Å². The predicted molar refractivity (Wildman–Crippen MR) is 215 cm³/mol. The molecule has 238 valence electrons. The van der Waals surface area contributed by atoms with Gasteiger partial charge in [-0.1, -0.05) is 103 Å². The Hall–Kier alpha value is -6.84. The third-order valence-electron chi connectivity index (χ3n) is 9.51. The Bertz CT molecular complexity index is 3930. The first-order valence-corrected chi connectivity index (χ1v) is 16.4. The van der Waals surface area contributed by atoms with Crippen molar-refractivity contribution in [1.29, 1.82) is 0 Å². The molecule has 3 heteroatoms. The van der Waals surface area contributed by atoms with E-state index in [1.165, 1.54) is 9.13 Å². The van der Waals surface area contributed by atoms with Gasteiger partial charge in [0.05, 0.1) is 52.3 Å². The number of aromatic nitrogens is 3. The van der Waals surface area contributed by atoms with Crippen LogP contribution in [0.15, 0.2) is 188 Å². The van der Waals surface area contributed by atoms with Gasteiger partial charge in [0.1, 0.15) is 0 Å². The summed E-state index contributed by atoms with van der Waals surface area (Å²) in [5.41, 5.74) is 2.41. The molecule has 11 aromatic rings. The molecule has 0 radical (unpaired) electrons. The Labute approximate surface area is 314 Å². The molecule has 0 aliphatic heterocycles. The van der Waals surface area contributed by atoms with E-state index >= 15 is 0 Å². The van der Waals surface area contributed by atoms with Crippen molar-refractivity contribution in [2.45, 2.75) is 0 Å². The number of benzene rings is 8. The van der Waals surface area contributed by atoms with Crippen LogP contribution in [0, 0.1) is 0 Å². The summed E-state index contributed by atoms with van der Waals surface area (Å²) < 4.78 is 134. The summed E-state index contributed by atoms with van der Waals surface area (Å²) in [6.07, 6.45) is 0. The van der Waals surface area contributed by atoms with Crippen LogP contribution in [0.2, 0.25) is 0 Å². The van der Waals surface area contributed by atoms with Gasteiger partial charge < -0.3 is 13.7 Å². The van der Waals surface area contributed by atoms with Crippen LogP contribution in [-0.2, 0) is 0 Å². The van der Waals surface area contributed by atoms with Crippen molar-refractivity contribution in [3.8, 4) is 28.2 Å². The SMILES string of the molecule is [2H]c1c([2H])c([2H])c2c(c1[2H])c1c([2H])c(-c3c([2H])c([2H])c4c(c3[2H])c3c([2H])c([2H])c([2H])c([2H])c3n4-c3ccc4c(c3)c3ccccc3n4-c3ccccc3)c([2H])c([2H])c1n2-c1ccccc1. The van der Waals surface area contributed by atoms with E-state index in [0.29, 0.717) is 11.4 Å². The van der Waals surface area contributed by atoms with Gasteiger partial charge in [0.25, 0.3) is 0 Å². The second-order valence-corrected chi connectivity index (χ2v) is 12.3. The normalized spacial score (nSPS) is 15.8. The highest BCUT2D eigenvalue weighted by molar-refractivity contribution is 6.14. The van der Waals surface area contributed by atoms with E-state index in [9.17, 15) is 11.0 Å². The maximum Gasteiger partial charge on any atom is 0.0645 e. The Balaban J connectivity index is 1.28. The van der Waals surface area contributed by atoms with Gasteiger partial charge in [-0.25, -0.2) is 0 Å². The second-order valence-electron chi connectivity index (χ2n) is 12.3. The molecule has 3 aromatic heterocycles. The topological polar surface area (TPSA) is 14.8 Å². The van der Waals surface area contributed by atoms with Crippen molar-refractivity contribution in [2.75, 3.05) is 0 Å². The Morgan fingerprint density at radius 1 is 0.314 bits per heavy atom. The second kappa shape index (κ2) is 10.8. The van der Waals surface area contributed by atoms with Crippen LogP contribution in [0.1, 0.15) is 19.2 Å². The van der Waals surface area contributed by atoms with Crippen LogP contribution in [0.4, 0.5) is 0 Å². The molecule has 3 heterocycles. The summed E-state index contributed by atoms with van der Waals surface area (Å²) in [5, 5.41) is 1.21. The lowest BCUT2D eigenvalue weighted by Gasteiger charge is -2.11. The first-order valence-electron chi connectivity index (χ1n) is 23.4. The first-order chi connectivity index (χ1) is 31.2. The van der Waals surface area contributed by atoms with Gasteiger partial charge in [-0.05, 0) is 95.9 Å². The van der Waals surface area contributed by atoms with Crippen molar-refractivity contribution in [3.05, 3.63) is 188 Å². The number of nitrogens with zero attached hydrogens (tertiary/aromatic N) is 3. The Kier molecular flexibility index (Phi) is 3.76.